The lowest BCUT2D eigenvalue weighted by molar-refractivity contribution is 0.00258. The van der Waals surface area contributed by atoms with Gasteiger partial charge in [-0.25, -0.2) is 4.39 Å². The van der Waals surface area contributed by atoms with Crippen LogP contribution in [0.15, 0.2) is 18.2 Å². The molecule has 0 aromatic heterocycles. The van der Waals surface area contributed by atoms with E-state index < -0.39 is 5.82 Å². The zero-order chi connectivity index (χ0) is 12.3. The highest BCUT2D eigenvalue weighted by molar-refractivity contribution is 6.30. The molecule has 5 heteroatoms. The predicted molar refractivity (Wildman–Crippen MR) is 63.6 cm³/mol. The average molecular weight is 260 g/mol. The van der Waals surface area contributed by atoms with Gasteiger partial charge in [0.15, 0.2) is 0 Å². The molecule has 1 aromatic carbocycles. The fraction of sp³-hybridized carbons (Fsp3) is 0.500. The molecule has 0 spiro atoms. The first kappa shape index (κ1) is 12.8. The molecule has 94 valence electrons. The van der Waals surface area contributed by atoms with Crippen LogP contribution in [0, 0.1) is 5.82 Å². The van der Waals surface area contributed by atoms with Gasteiger partial charge >= 0.3 is 0 Å². The third-order valence-corrected chi connectivity index (χ3v) is 3.28. The zero-order valence-corrected chi connectivity index (χ0v) is 10.2. The number of morpholine rings is 1. The Morgan fingerprint density at radius 1 is 1.41 bits per heavy atom. The van der Waals surface area contributed by atoms with Gasteiger partial charge in [-0.3, -0.25) is 4.90 Å². The second-order valence-electron chi connectivity index (χ2n) is 4.02. The lowest BCUT2D eigenvalue weighted by Crippen LogP contribution is -2.40. The van der Waals surface area contributed by atoms with Crippen molar-refractivity contribution in [1.29, 1.82) is 0 Å². The molecule has 0 bridgehead atoms. The van der Waals surface area contributed by atoms with Crippen LogP contribution >= 0.6 is 11.6 Å². The first-order chi connectivity index (χ1) is 8.22. The fourth-order valence-corrected chi connectivity index (χ4v) is 2.23. The molecule has 1 unspecified atom stereocenters. The van der Waals surface area contributed by atoms with E-state index in [1.54, 1.807) is 12.1 Å². The van der Waals surface area contributed by atoms with Crippen molar-refractivity contribution in [2.45, 2.75) is 6.04 Å². The van der Waals surface area contributed by atoms with Crippen molar-refractivity contribution in [2.24, 2.45) is 0 Å². The van der Waals surface area contributed by atoms with Crippen molar-refractivity contribution in [1.82, 2.24) is 4.90 Å². The molecule has 0 radical (unpaired) electrons. The number of rotatable bonds is 3. The summed E-state index contributed by atoms with van der Waals surface area (Å²) in [7, 11) is 0. The average Bonchev–Trinajstić information content (AvgIpc) is 2.36. The van der Waals surface area contributed by atoms with Crippen LogP contribution in [0.2, 0.25) is 5.02 Å². The maximum absolute atomic E-state index is 13.1. The van der Waals surface area contributed by atoms with Crippen LogP contribution in [0.3, 0.4) is 0 Å². The minimum Gasteiger partial charge on any atom is -0.394 e. The van der Waals surface area contributed by atoms with Crippen molar-refractivity contribution in [2.75, 3.05) is 32.9 Å². The quantitative estimate of drug-likeness (QED) is 0.899. The van der Waals surface area contributed by atoms with Crippen molar-refractivity contribution in [3.63, 3.8) is 0 Å². The molecule has 1 fully saturated rings. The van der Waals surface area contributed by atoms with E-state index in [4.69, 9.17) is 16.3 Å². The van der Waals surface area contributed by atoms with Gasteiger partial charge in [-0.05, 0) is 17.7 Å². The molecule has 0 saturated carbocycles. The maximum atomic E-state index is 13.1. The van der Waals surface area contributed by atoms with Crippen LogP contribution in [0.1, 0.15) is 11.6 Å². The molecule has 1 saturated heterocycles. The summed E-state index contributed by atoms with van der Waals surface area (Å²) in [4.78, 5) is 2.12. The molecule has 1 aromatic rings. The van der Waals surface area contributed by atoms with Crippen LogP contribution < -0.4 is 0 Å². The van der Waals surface area contributed by atoms with E-state index in [0.29, 0.717) is 13.2 Å². The first-order valence-corrected chi connectivity index (χ1v) is 5.98. The van der Waals surface area contributed by atoms with E-state index in [-0.39, 0.29) is 17.7 Å². The van der Waals surface area contributed by atoms with E-state index in [9.17, 15) is 9.50 Å². The number of nitrogens with zero attached hydrogens (tertiary/aromatic N) is 1. The minimum atomic E-state index is -0.436. The summed E-state index contributed by atoms with van der Waals surface area (Å²) in [6.07, 6.45) is 0. The van der Waals surface area contributed by atoms with E-state index in [1.165, 1.54) is 6.07 Å². The van der Waals surface area contributed by atoms with Crippen LogP contribution in [0.5, 0.6) is 0 Å². The standard InChI is InChI=1S/C12H15ClFNO2/c13-10-7-9(1-2-11(10)14)12(8-16)15-3-5-17-6-4-15/h1-2,7,12,16H,3-6,8H2. The summed E-state index contributed by atoms with van der Waals surface area (Å²) in [6.45, 7) is 2.83. The Hall–Kier alpha value is -0.680. The molecule has 1 aliphatic rings. The van der Waals surface area contributed by atoms with Crippen LogP contribution in [0.25, 0.3) is 0 Å². The van der Waals surface area contributed by atoms with Crippen LogP contribution in [0.4, 0.5) is 4.39 Å². The summed E-state index contributed by atoms with van der Waals surface area (Å²) >= 11 is 5.75. The third kappa shape index (κ3) is 2.96. The summed E-state index contributed by atoms with van der Waals surface area (Å²) in [5.74, 6) is -0.436. The van der Waals surface area contributed by atoms with Gasteiger partial charge in [-0.2, -0.15) is 0 Å². The number of aliphatic hydroxyl groups is 1. The molecule has 2 rings (SSSR count). The van der Waals surface area contributed by atoms with Crippen molar-refractivity contribution >= 4 is 11.6 Å². The monoisotopic (exact) mass is 259 g/mol. The molecule has 1 heterocycles. The largest absolute Gasteiger partial charge is 0.394 e. The zero-order valence-electron chi connectivity index (χ0n) is 9.40. The van der Waals surface area contributed by atoms with Crippen LogP contribution in [-0.4, -0.2) is 42.9 Å². The predicted octanol–water partition coefficient (Wildman–Crippen LogP) is 1.84. The highest BCUT2D eigenvalue weighted by Gasteiger charge is 2.22. The summed E-state index contributed by atoms with van der Waals surface area (Å²) < 4.78 is 18.3. The van der Waals surface area contributed by atoms with Gasteiger partial charge < -0.3 is 9.84 Å². The highest BCUT2D eigenvalue weighted by atomic mass is 35.5. The summed E-state index contributed by atoms with van der Waals surface area (Å²) in [6, 6.07) is 4.43. The summed E-state index contributed by atoms with van der Waals surface area (Å²) in [5.41, 5.74) is 0.834. The minimum absolute atomic E-state index is 0.0119. The summed E-state index contributed by atoms with van der Waals surface area (Å²) in [5, 5.41) is 9.56. The topological polar surface area (TPSA) is 32.7 Å². The lowest BCUT2D eigenvalue weighted by atomic mass is 10.1. The second kappa shape index (κ2) is 5.78. The molecule has 1 aliphatic heterocycles. The van der Waals surface area contributed by atoms with Gasteiger partial charge in [0.1, 0.15) is 5.82 Å². The van der Waals surface area contributed by atoms with E-state index in [2.05, 4.69) is 4.90 Å². The smallest absolute Gasteiger partial charge is 0.141 e. The Balaban J connectivity index is 2.18. The van der Waals surface area contributed by atoms with Gasteiger partial charge in [0.05, 0.1) is 30.9 Å². The highest BCUT2D eigenvalue weighted by Crippen LogP contribution is 2.25. The lowest BCUT2D eigenvalue weighted by Gasteiger charge is -2.33. The second-order valence-corrected chi connectivity index (χ2v) is 4.43. The maximum Gasteiger partial charge on any atom is 0.141 e. The Bertz CT molecular complexity index is 383. The number of ether oxygens (including phenoxy) is 1. The molecular weight excluding hydrogens is 245 g/mol. The Kier molecular flexibility index (Phi) is 4.34. The molecule has 0 aliphatic carbocycles. The van der Waals surface area contributed by atoms with Crippen LogP contribution in [-0.2, 0) is 4.74 Å². The SMILES string of the molecule is OCC(c1ccc(F)c(Cl)c1)N1CCOCC1. The van der Waals surface area contributed by atoms with Crippen molar-refractivity contribution in [3.05, 3.63) is 34.6 Å². The van der Waals surface area contributed by atoms with Gasteiger partial charge in [0, 0.05) is 13.1 Å². The van der Waals surface area contributed by atoms with Gasteiger partial charge in [-0.1, -0.05) is 17.7 Å². The fourth-order valence-electron chi connectivity index (χ4n) is 2.04. The van der Waals surface area contributed by atoms with Gasteiger partial charge in [0.2, 0.25) is 0 Å². The number of aliphatic hydroxyl groups excluding tert-OH is 1. The molecule has 17 heavy (non-hydrogen) atoms. The number of hydrogen-bond acceptors (Lipinski definition) is 3. The molecule has 0 amide bonds. The molecule has 3 nitrogen and oxygen atoms in total. The molecule has 1 atom stereocenters. The van der Waals surface area contributed by atoms with E-state index in [1.807, 2.05) is 0 Å². The van der Waals surface area contributed by atoms with Crippen molar-refractivity contribution < 1.29 is 14.2 Å². The Labute approximate surface area is 105 Å². The van der Waals surface area contributed by atoms with Gasteiger partial charge in [-0.15, -0.1) is 0 Å². The van der Waals surface area contributed by atoms with E-state index in [0.717, 1.165) is 18.7 Å². The number of benzene rings is 1. The Morgan fingerprint density at radius 3 is 2.71 bits per heavy atom. The Morgan fingerprint density at radius 2 is 2.12 bits per heavy atom. The normalized spacial score (nSPS) is 19.2. The van der Waals surface area contributed by atoms with Gasteiger partial charge in [0.25, 0.3) is 0 Å². The molecule has 1 N–H and O–H groups in total. The first-order valence-electron chi connectivity index (χ1n) is 5.60. The number of halogens is 2. The van der Waals surface area contributed by atoms with Crippen molar-refractivity contribution in [3.8, 4) is 0 Å². The van der Waals surface area contributed by atoms with E-state index >= 15 is 0 Å². The third-order valence-electron chi connectivity index (χ3n) is 2.99. The molecular formula is C12H15ClFNO2. The number of hydrogen-bond donors (Lipinski definition) is 1.